The smallest absolute Gasteiger partial charge is 0.289 e. The molecule has 19 heavy (non-hydrogen) atoms. The highest BCUT2D eigenvalue weighted by Crippen LogP contribution is 2.29. The number of nitrogens with two attached hydrogens (primary N) is 1. The van der Waals surface area contributed by atoms with E-state index in [2.05, 4.69) is 4.72 Å². The van der Waals surface area contributed by atoms with Crippen molar-refractivity contribution in [2.45, 2.75) is 11.8 Å². The number of rotatable bonds is 5. The monoisotopic (exact) mass is 329 g/mol. The predicted octanol–water partition coefficient (Wildman–Crippen LogP) is 1.22. The molecule has 10 heteroatoms. The second-order valence-electron chi connectivity index (χ2n) is 3.51. The molecule has 0 heterocycles. The first-order valence-corrected chi connectivity index (χ1v) is 6.80. The van der Waals surface area contributed by atoms with Crippen LogP contribution in [0.3, 0.4) is 0 Å². The van der Waals surface area contributed by atoms with Crippen LogP contribution in [0.15, 0.2) is 17.0 Å². The van der Waals surface area contributed by atoms with Crippen molar-refractivity contribution < 1.29 is 13.3 Å². The maximum absolute atomic E-state index is 11.9. The Bertz CT molecular complexity index is 577. The Hall–Kier alpha value is -0.930. The molecule has 108 valence electrons. The zero-order chi connectivity index (χ0) is 13.9. The summed E-state index contributed by atoms with van der Waals surface area (Å²) in [6, 6.07) is 2.19. The lowest BCUT2D eigenvalue weighted by Gasteiger charge is -2.09. The molecule has 1 aromatic carbocycles. The topological polar surface area (TPSA) is 115 Å². The fourth-order valence-electron chi connectivity index (χ4n) is 1.34. The molecule has 0 saturated heterocycles. The minimum absolute atomic E-state index is 0. The first-order chi connectivity index (χ1) is 8.29. The molecule has 0 radical (unpaired) electrons. The van der Waals surface area contributed by atoms with Gasteiger partial charge >= 0.3 is 0 Å². The van der Waals surface area contributed by atoms with E-state index in [-0.39, 0.29) is 35.4 Å². The van der Waals surface area contributed by atoms with Crippen LogP contribution in [0.5, 0.6) is 0 Å². The normalized spacial score (nSPS) is 10.9. The highest BCUT2D eigenvalue weighted by molar-refractivity contribution is 7.89. The minimum Gasteiger partial charge on any atom is -0.329 e. The molecule has 0 atom stereocenters. The Morgan fingerprint density at radius 2 is 2.05 bits per heavy atom. The molecular formula is C9H13Cl2N3O4S. The number of halogens is 2. The summed E-state index contributed by atoms with van der Waals surface area (Å²) in [5.41, 5.74) is 5.08. The summed E-state index contributed by atoms with van der Waals surface area (Å²) in [6.07, 6.45) is 0. The van der Waals surface area contributed by atoms with Crippen LogP contribution in [-0.2, 0) is 10.0 Å². The lowest BCUT2D eigenvalue weighted by molar-refractivity contribution is -0.384. The number of nitro groups is 1. The molecule has 0 aliphatic rings. The van der Waals surface area contributed by atoms with E-state index in [0.29, 0.717) is 5.56 Å². The van der Waals surface area contributed by atoms with E-state index in [1.54, 1.807) is 0 Å². The van der Waals surface area contributed by atoms with Crippen molar-refractivity contribution in [3.63, 3.8) is 0 Å². The summed E-state index contributed by atoms with van der Waals surface area (Å²) >= 11 is 5.67. The van der Waals surface area contributed by atoms with Crippen molar-refractivity contribution in [2.75, 3.05) is 13.1 Å². The van der Waals surface area contributed by atoms with Gasteiger partial charge in [0.1, 0.15) is 5.02 Å². The van der Waals surface area contributed by atoms with Gasteiger partial charge in [-0.05, 0) is 18.6 Å². The molecule has 0 fully saturated rings. The zero-order valence-corrected chi connectivity index (χ0v) is 12.3. The minimum atomic E-state index is -3.82. The second-order valence-corrected chi connectivity index (χ2v) is 5.66. The van der Waals surface area contributed by atoms with Crippen molar-refractivity contribution >= 4 is 39.7 Å². The highest BCUT2D eigenvalue weighted by Gasteiger charge is 2.22. The van der Waals surface area contributed by atoms with Gasteiger partial charge in [0.25, 0.3) is 5.69 Å². The van der Waals surface area contributed by atoms with Crippen LogP contribution in [0, 0.1) is 17.0 Å². The summed E-state index contributed by atoms with van der Waals surface area (Å²) in [7, 11) is -3.82. The van der Waals surface area contributed by atoms with E-state index in [1.165, 1.54) is 13.0 Å². The summed E-state index contributed by atoms with van der Waals surface area (Å²) in [5.74, 6) is 0. The molecule has 0 spiro atoms. The van der Waals surface area contributed by atoms with Gasteiger partial charge in [0.05, 0.1) is 9.82 Å². The molecule has 1 aromatic rings. The van der Waals surface area contributed by atoms with E-state index >= 15 is 0 Å². The van der Waals surface area contributed by atoms with Gasteiger partial charge in [0.2, 0.25) is 10.0 Å². The van der Waals surface area contributed by atoms with Gasteiger partial charge in [0, 0.05) is 19.2 Å². The maximum atomic E-state index is 11.9. The van der Waals surface area contributed by atoms with Crippen LogP contribution in [0.1, 0.15) is 5.56 Å². The standard InChI is InChI=1S/C9H12ClN3O4S.ClH/c1-6-4-7(10)8(13(14)15)5-9(6)18(16,17)12-3-2-11;/h4-5,12H,2-3,11H2,1H3;1H. The van der Waals surface area contributed by atoms with Crippen molar-refractivity contribution in [1.82, 2.24) is 4.72 Å². The fraction of sp³-hybridized carbons (Fsp3) is 0.333. The number of hydrogen-bond acceptors (Lipinski definition) is 5. The van der Waals surface area contributed by atoms with Gasteiger partial charge in [-0.15, -0.1) is 12.4 Å². The number of aryl methyl sites for hydroxylation is 1. The predicted molar refractivity (Wildman–Crippen MR) is 74.3 cm³/mol. The van der Waals surface area contributed by atoms with Crippen molar-refractivity contribution in [3.8, 4) is 0 Å². The molecule has 0 aromatic heterocycles. The van der Waals surface area contributed by atoms with Gasteiger partial charge in [-0.2, -0.15) is 0 Å². The molecule has 7 nitrogen and oxygen atoms in total. The summed E-state index contributed by atoms with van der Waals surface area (Å²) < 4.78 is 26.0. The number of hydrogen-bond donors (Lipinski definition) is 2. The van der Waals surface area contributed by atoms with E-state index in [9.17, 15) is 18.5 Å². The number of benzene rings is 1. The van der Waals surface area contributed by atoms with Gasteiger partial charge in [-0.25, -0.2) is 13.1 Å². The largest absolute Gasteiger partial charge is 0.329 e. The van der Waals surface area contributed by atoms with Gasteiger partial charge < -0.3 is 5.73 Å². The maximum Gasteiger partial charge on any atom is 0.289 e. The van der Waals surface area contributed by atoms with Crippen LogP contribution in [0.25, 0.3) is 0 Å². The average Bonchev–Trinajstić information content (AvgIpc) is 2.25. The second kappa shape index (κ2) is 7.01. The van der Waals surface area contributed by atoms with Crippen molar-refractivity contribution in [3.05, 3.63) is 32.8 Å². The molecular weight excluding hydrogens is 317 g/mol. The quantitative estimate of drug-likeness (QED) is 0.622. The molecule has 0 aliphatic carbocycles. The molecule has 0 amide bonds. The van der Waals surface area contributed by atoms with Crippen LogP contribution >= 0.6 is 24.0 Å². The van der Waals surface area contributed by atoms with E-state index < -0.39 is 20.6 Å². The van der Waals surface area contributed by atoms with E-state index in [0.717, 1.165) is 6.07 Å². The average molecular weight is 330 g/mol. The highest BCUT2D eigenvalue weighted by atomic mass is 35.5. The van der Waals surface area contributed by atoms with Crippen LogP contribution in [0.4, 0.5) is 5.69 Å². The lowest BCUT2D eigenvalue weighted by atomic mass is 10.2. The summed E-state index contributed by atoms with van der Waals surface area (Å²) in [4.78, 5) is 9.81. The summed E-state index contributed by atoms with van der Waals surface area (Å²) in [5, 5.41) is 10.6. The number of nitro benzene ring substituents is 1. The summed E-state index contributed by atoms with van der Waals surface area (Å²) in [6.45, 7) is 1.69. The van der Waals surface area contributed by atoms with Crippen LogP contribution < -0.4 is 10.5 Å². The Balaban J connectivity index is 0.00000324. The molecule has 0 bridgehead atoms. The van der Waals surface area contributed by atoms with E-state index in [4.69, 9.17) is 17.3 Å². The van der Waals surface area contributed by atoms with Crippen molar-refractivity contribution in [2.24, 2.45) is 5.73 Å². The lowest BCUT2D eigenvalue weighted by Crippen LogP contribution is -2.29. The third-order valence-electron chi connectivity index (χ3n) is 2.17. The Morgan fingerprint density at radius 3 is 2.53 bits per heavy atom. The van der Waals surface area contributed by atoms with Gasteiger partial charge in [-0.1, -0.05) is 11.6 Å². The third kappa shape index (κ3) is 4.29. The number of nitrogens with one attached hydrogen (secondary N) is 1. The molecule has 0 unspecified atom stereocenters. The first-order valence-electron chi connectivity index (χ1n) is 4.94. The van der Waals surface area contributed by atoms with Gasteiger partial charge in [-0.3, -0.25) is 10.1 Å². The van der Waals surface area contributed by atoms with Crippen molar-refractivity contribution in [1.29, 1.82) is 0 Å². The SMILES string of the molecule is Cc1cc(Cl)c([N+](=O)[O-])cc1S(=O)(=O)NCCN.Cl. The Kier molecular flexibility index (Phi) is 6.67. The molecule has 0 saturated carbocycles. The fourth-order valence-corrected chi connectivity index (χ4v) is 2.92. The van der Waals surface area contributed by atoms with Crippen LogP contribution in [-0.4, -0.2) is 26.4 Å². The Morgan fingerprint density at radius 1 is 1.47 bits per heavy atom. The Labute approximate surface area is 121 Å². The zero-order valence-electron chi connectivity index (χ0n) is 9.92. The molecule has 1 rings (SSSR count). The van der Waals surface area contributed by atoms with E-state index in [1.807, 2.05) is 0 Å². The molecule has 0 aliphatic heterocycles. The number of nitrogens with zero attached hydrogens (tertiary/aromatic N) is 1. The van der Waals surface area contributed by atoms with Gasteiger partial charge in [0.15, 0.2) is 0 Å². The van der Waals surface area contributed by atoms with Crippen LogP contribution in [0.2, 0.25) is 5.02 Å². The third-order valence-corrected chi connectivity index (χ3v) is 4.07. The first kappa shape index (κ1) is 18.1. The number of sulfonamides is 1. The molecule has 3 N–H and O–H groups in total.